The molecule has 7 heteroatoms. The number of nitrogens with one attached hydrogen (secondary N) is 2. The number of rotatable bonds is 7. The molecule has 0 radical (unpaired) electrons. The van der Waals surface area contributed by atoms with Crippen LogP contribution in [0.5, 0.6) is 5.75 Å². The van der Waals surface area contributed by atoms with Crippen molar-refractivity contribution in [1.82, 2.24) is 10.0 Å². The van der Waals surface area contributed by atoms with Crippen LogP contribution in [-0.2, 0) is 10.0 Å². The minimum atomic E-state index is -3.73. The molecule has 0 spiro atoms. The zero-order valence-corrected chi connectivity index (χ0v) is 13.6. The quantitative estimate of drug-likeness (QED) is 0.799. The lowest BCUT2D eigenvalue weighted by atomic mass is 10.2. The molecule has 0 aliphatic rings. The van der Waals surface area contributed by atoms with E-state index in [1.165, 1.54) is 25.3 Å². The molecule has 0 bridgehead atoms. The summed E-state index contributed by atoms with van der Waals surface area (Å²) < 4.78 is 32.1. The molecule has 0 saturated carbocycles. The number of hydrogen-bond donors (Lipinski definition) is 2. The third-order valence-electron chi connectivity index (χ3n) is 2.64. The average molecular weight is 314 g/mol. The van der Waals surface area contributed by atoms with E-state index in [1.807, 2.05) is 6.92 Å². The van der Waals surface area contributed by atoms with Crippen LogP contribution in [0.4, 0.5) is 0 Å². The molecule has 0 aliphatic heterocycles. The van der Waals surface area contributed by atoms with Gasteiger partial charge in [-0.15, -0.1) is 0 Å². The molecule has 6 nitrogen and oxygen atoms in total. The Hall–Kier alpha value is -1.60. The van der Waals surface area contributed by atoms with Gasteiger partial charge < -0.3 is 10.1 Å². The first kappa shape index (κ1) is 17.5. The molecule has 1 rings (SSSR count). The molecule has 0 atom stereocenters. The van der Waals surface area contributed by atoms with Crippen molar-refractivity contribution < 1.29 is 17.9 Å². The van der Waals surface area contributed by atoms with Crippen LogP contribution in [0.1, 0.15) is 37.6 Å². The van der Waals surface area contributed by atoms with E-state index in [1.54, 1.807) is 13.8 Å². The Morgan fingerprint density at radius 1 is 1.33 bits per heavy atom. The molecule has 0 saturated heterocycles. The molecule has 0 fully saturated rings. The van der Waals surface area contributed by atoms with Crippen molar-refractivity contribution in [3.8, 4) is 5.75 Å². The van der Waals surface area contributed by atoms with Crippen LogP contribution < -0.4 is 14.8 Å². The third kappa shape index (κ3) is 4.71. The zero-order valence-electron chi connectivity index (χ0n) is 12.8. The van der Waals surface area contributed by atoms with Crippen molar-refractivity contribution in [2.75, 3.05) is 13.7 Å². The fourth-order valence-electron chi connectivity index (χ4n) is 1.74. The molecule has 21 heavy (non-hydrogen) atoms. The second-order valence-corrected chi connectivity index (χ2v) is 6.58. The number of carbonyl (C=O) groups is 1. The van der Waals surface area contributed by atoms with Crippen LogP contribution in [0.3, 0.4) is 0 Å². The summed E-state index contributed by atoms with van der Waals surface area (Å²) in [6.45, 7) is 5.93. The summed E-state index contributed by atoms with van der Waals surface area (Å²) in [6, 6.07) is 4.10. The minimum Gasteiger partial charge on any atom is -0.495 e. The highest BCUT2D eigenvalue weighted by Crippen LogP contribution is 2.25. The highest BCUT2D eigenvalue weighted by Gasteiger charge is 2.22. The Balaban J connectivity index is 3.20. The molecule has 1 aromatic rings. The second kappa shape index (κ2) is 7.42. The van der Waals surface area contributed by atoms with Crippen LogP contribution in [0.15, 0.2) is 23.1 Å². The van der Waals surface area contributed by atoms with Crippen LogP contribution in [0.25, 0.3) is 0 Å². The van der Waals surface area contributed by atoms with Crippen molar-refractivity contribution in [2.45, 2.75) is 38.1 Å². The molecular weight excluding hydrogens is 292 g/mol. The fraction of sp³-hybridized carbons (Fsp3) is 0.500. The van der Waals surface area contributed by atoms with Gasteiger partial charge in [-0.2, -0.15) is 0 Å². The van der Waals surface area contributed by atoms with Gasteiger partial charge in [0.05, 0.1) is 7.11 Å². The van der Waals surface area contributed by atoms with Gasteiger partial charge in [-0.05, 0) is 38.5 Å². The van der Waals surface area contributed by atoms with Gasteiger partial charge in [0.25, 0.3) is 5.91 Å². The molecule has 1 aromatic carbocycles. The number of amides is 1. The molecule has 0 unspecified atom stereocenters. The number of benzene rings is 1. The van der Waals surface area contributed by atoms with E-state index in [0.29, 0.717) is 6.54 Å². The van der Waals surface area contributed by atoms with Crippen LogP contribution in [0, 0.1) is 0 Å². The lowest BCUT2D eigenvalue weighted by molar-refractivity contribution is 0.0953. The first-order valence-electron chi connectivity index (χ1n) is 6.80. The van der Waals surface area contributed by atoms with Crippen molar-refractivity contribution in [2.24, 2.45) is 0 Å². The van der Waals surface area contributed by atoms with E-state index in [2.05, 4.69) is 10.0 Å². The fourth-order valence-corrected chi connectivity index (χ4v) is 3.19. The highest BCUT2D eigenvalue weighted by molar-refractivity contribution is 7.89. The Morgan fingerprint density at radius 2 is 2.00 bits per heavy atom. The lowest BCUT2D eigenvalue weighted by Crippen LogP contribution is -2.31. The first-order valence-corrected chi connectivity index (χ1v) is 8.28. The van der Waals surface area contributed by atoms with Crippen molar-refractivity contribution >= 4 is 15.9 Å². The van der Waals surface area contributed by atoms with E-state index >= 15 is 0 Å². The Morgan fingerprint density at radius 3 is 2.52 bits per heavy atom. The highest BCUT2D eigenvalue weighted by atomic mass is 32.2. The van der Waals surface area contributed by atoms with Gasteiger partial charge in [-0.25, -0.2) is 13.1 Å². The second-order valence-electron chi connectivity index (χ2n) is 4.90. The predicted molar refractivity (Wildman–Crippen MR) is 81.1 cm³/mol. The number of methoxy groups -OCH3 is 1. The van der Waals surface area contributed by atoms with E-state index in [4.69, 9.17) is 4.74 Å². The topological polar surface area (TPSA) is 84.5 Å². The number of sulfonamides is 1. The Labute approximate surface area is 125 Å². The molecule has 0 heterocycles. The monoisotopic (exact) mass is 314 g/mol. The lowest BCUT2D eigenvalue weighted by Gasteiger charge is -2.14. The van der Waals surface area contributed by atoms with Gasteiger partial charge in [0, 0.05) is 18.2 Å². The van der Waals surface area contributed by atoms with Gasteiger partial charge in [-0.1, -0.05) is 6.92 Å². The van der Waals surface area contributed by atoms with Gasteiger partial charge >= 0.3 is 0 Å². The summed E-state index contributed by atoms with van der Waals surface area (Å²) in [4.78, 5) is 11.9. The van der Waals surface area contributed by atoms with E-state index in [9.17, 15) is 13.2 Å². The number of hydrogen-bond acceptors (Lipinski definition) is 4. The summed E-state index contributed by atoms with van der Waals surface area (Å²) in [6.07, 6.45) is 0.807. The molecule has 118 valence electrons. The maximum atomic E-state index is 12.3. The van der Waals surface area contributed by atoms with Gasteiger partial charge in [0.15, 0.2) is 0 Å². The van der Waals surface area contributed by atoms with Crippen molar-refractivity contribution in [1.29, 1.82) is 0 Å². The zero-order chi connectivity index (χ0) is 16.0. The smallest absolute Gasteiger partial charge is 0.251 e. The van der Waals surface area contributed by atoms with Gasteiger partial charge in [0.2, 0.25) is 10.0 Å². The SMILES string of the molecule is CCCNC(=O)c1ccc(OC)c(S(=O)(=O)NC(C)C)c1. The summed E-state index contributed by atoms with van der Waals surface area (Å²) in [5.41, 5.74) is 0.286. The van der Waals surface area contributed by atoms with Gasteiger partial charge in [0.1, 0.15) is 10.6 Å². The van der Waals surface area contributed by atoms with E-state index < -0.39 is 10.0 Å². The van der Waals surface area contributed by atoms with Crippen LogP contribution >= 0.6 is 0 Å². The summed E-state index contributed by atoms with van der Waals surface area (Å²) in [5.74, 6) is -0.101. The largest absolute Gasteiger partial charge is 0.495 e. The maximum absolute atomic E-state index is 12.3. The van der Waals surface area contributed by atoms with Crippen molar-refractivity contribution in [3.63, 3.8) is 0 Å². The number of carbonyl (C=O) groups excluding carboxylic acids is 1. The number of ether oxygens (including phenoxy) is 1. The first-order chi connectivity index (χ1) is 9.81. The molecule has 0 aromatic heterocycles. The minimum absolute atomic E-state index is 0.0390. The van der Waals surface area contributed by atoms with E-state index in [0.717, 1.165) is 6.42 Å². The third-order valence-corrected chi connectivity index (χ3v) is 4.32. The maximum Gasteiger partial charge on any atom is 0.251 e. The molecule has 0 aliphatic carbocycles. The average Bonchev–Trinajstić information content (AvgIpc) is 2.42. The van der Waals surface area contributed by atoms with Crippen molar-refractivity contribution in [3.05, 3.63) is 23.8 Å². The summed E-state index contributed by atoms with van der Waals surface area (Å²) in [5, 5.41) is 2.71. The van der Waals surface area contributed by atoms with Crippen LogP contribution in [0.2, 0.25) is 0 Å². The summed E-state index contributed by atoms with van der Waals surface area (Å²) >= 11 is 0. The molecular formula is C14H22N2O4S. The van der Waals surface area contributed by atoms with E-state index in [-0.39, 0.29) is 28.2 Å². The summed E-state index contributed by atoms with van der Waals surface area (Å²) in [7, 11) is -2.34. The Kier molecular flexibility index (Phi) is 6.17. The standard InChI is InChI=1S/C14H22N2O4S/c1-5-8-15-14(17)11-6-7-12(20-4)13(9-11)21(18,19)16-10(2)3/h6-7,9-10,16H,5,8H2,1-4H3,(H,15,17). The molecule has 2 N–H and O–H groups in total. The Bertz CT molecular complexity index is 597. The van der Waals surface area contributed by atoms with Gasteiger partial charge in [-0.3, -0.25) is 4.79 Å². The molecule has 1 amide bonds. The predicted octanol–water partition coefficient (Wildman–Crippen LogP) is 1.52. The normalized spacial score (nSPS) is 11.5. The van der Waals surface area contributed by atoms with Crippen LogP contribution in [-0.4, -0.2) is 34.0 Å².